The summed E-state index contributed by atoms with van der Waals surface area (Å²) >= 11 is 0. The molecular formula is C18H28ClN3O3. The number of ether oxygens (including phenoxy) is 1. The number of piperidine rings is 1. The average Bonchev–Trinajstić information content (AvgIpc) is 2.61. The van der Waals surface area contributed by atoms with E-state index in [4.69, 9.17) is 4.74 Å². The lowest BCUT2D eigenvalue weighted by Gasteiger charge is -2.37. The van der Waals surface area contributed by atoms with Gasteiger partial charge in [0, 0.05) is 24.6 Å². The molecule has 0 aliphatic carbocycles. The Morgan fingerprint density at radius 3 is 2.48 bits per heavy atom. The normalized spacial score (nSPS) is 17.0. The summed E-state index contributed by atoms with van der Waals surface area (Å²) in [6, 6.07) is 8.31. The van der Waals surface area contributed by atoms with E-state index in [-0.39, 0.29) is 29.6 Å². The molecule has 2 rings (SSSR count). The van der Waals surface area contributed by atoms with Gasteiger partial charge in [0.1, 0.15) is 6.04 Å². The van der Waals surface area contributed by atoms with Gasteiger partial charge < -0.3 is 20.7 Å². The van der Waals surface area contributed by atoms with Crippen LogP contribution in [-0.2, 0) is 9.53 Å². The molecule has 1 aromatic rings. The SMILES string of the molecule is COCC1(CNC(=O)C(C)NC(=O)c2ccccc2)CCNCC1.Cl. The first-order valence-electron chi connectivity index (χ1n) is 8.40. The van der Waals surface area contributed by atoms with Gasteiger partial charge in [-0.2, -0.15) is 0 Å². The number of rotatable bonds is 7. The Morgan fingerprint density at radius 1 is 1.24 bits per heavy atom. The Kier molecular flexibility index (Phi) is 8.89. The van der Waals surface area contributed by atoms with Gasteiger partial charge in [0.2, 0.25) is 5.91 Å². The lowest BCUT2D eigenvalue weighted by atomic mass is 9.79. The molecule has 0 bridgehead atoms. The van der Waals surface area contributed by atoms with E-state index in [9.17, 15) is 9.59 Å². The van der Waals surface area contributed by atoms with Gasteiger partial charge in [-0.3, -0.25) is 9.59 Å². The first-order valence-corrected chi connectivity index (χ1v) is 8.40. The Morgan fingerprint density at radius 2 is 1.88 bits per heavy atom. The number of benzene rings is 1. The average molecular weight is 370 g/mol. The van der Waals surface area contributed by atoms with Crippen molar-refractivity contribution in [3.05, 3.63) is 35.9 Å². The minimum Gasteiger partial charge on any atom is -0.384 e. The molecule has 1 aliphatic heterocycles. The highest BCUT2D eigenvalue weighted by Crippen LogP contribution is 2.28. The standard InChI is InChI=1S/C18H27N3O3.ClH/c1-14(21-17(23)15-6-4-3-5-7-15)16(22)20-12-18(13-24-2)8-10-19-11-9-18;/h3-7,14,19H,8-13H2,1-2H3,(H,20,22)(H,21,23);1H. The summed E-state index contributed by atoms with van der Waals surface area (Å²) in [5, 5.41) is 9.03. The number of carbonyl (C=O) groups is 2. The van der Waals surface area contributed by atoms with Crippen LogP contribution in [0.3, 0.4) is 0 Å². The van der Waals surface area contributed by atoms with Crippen molar-refractivity contribution in [3.63, 3.8) is 0 Å². The van der Waals surface area contributed by atoms with Crippen LogP contribution in [0.5, 0.6) is 0 Å². The number of halogens is 1. The molecule has 0 spiro atoms. The largest absolute Gasteiger partial charge is 0.384 e. The summed E-state index contributed by atoms with van der Waals surface area (Å²) in [4.78, 5) is 24.4. The van der Waals surface area contributed by atoms with E-state index in [2.05, 4.69) is 16.0 Å². The van der Waals surface area contributed by atoms with Crippen molar-refractivity contribution in [3.8, 4) is 0 Å². The number of methoxy groups -OCH3 is 1. The topological polar surface area (TPSA) is 79.5 Å². The van der Waals surface area contributed by atoms with Crippen LogP contribution >= 0.6 is 12.4 Å². The summed E-state index contributed by atoms with van der Waals surface area (Å²) < 4.78 is 5.35. The van der Waals surface area contributed by atoms with E-state index in [1.54, 1.807) is 38.3 Å². The van der Waals surface area contributed by atoms with E-state index in [1.165, 1.54) is 0 Å². The van der Waals surface area contributed by atoms with Gasteiger partial charge in [-0.15, -0.1) is 12.4 Å². The molecule has 25 heavy (non-hydrogen) atoms. The van der Waals surface area contributed by atoms with Gasteiger partial charge >= 0.3 is 0 Å². The zero-order valence-electron chi connectivity index (χ0n) is 14.8. The van der Waals surface area contributed by atoms with Crippen LogP contribution in [0.2, 0.25) is 0 Å². The van der Waals surface area contributed by atoms with Gasteiger partial charge in [0.25, 0.3) is 5.91 Å². The van der Waals surface area contributed by atoms with Crippen LogP contribution in [0.25, 0.3) is 0 Å². The molecule has 1 atom stereocenters. The summed E-state index contributed by atoms with van der Waals surface area (Å²) in [5.74, 6) is -0.417. The molecule has 3 N–H and O–H groups in total. The molecule has 1 unspecified atom stereocenters. The lowest BCUT2D eigenvalue weighted by Crippen LogP contribution is -2.51. The van der Waals surface area contributed by atoms with Gasteiger partial charge in [-0.05, 0) is 45.0 Å². The van der Waals surface area contributed by atoms with Crippen LogP contribution < -0.4 is 16.0 Å². The summed E-state index contributed by atoms with van der Waals surface area (Å²) in [5.41, 5.74) is 0.519. The van der Waals surface area contributed by atoms with Gasteiger partial charge in [0.15, 0.2) is 0 Å². The van der Waals surface area contributed by atoms with Crippen LogP contribution in [-0.4, -0.2) is 51.2 Å². The molecule has 1 fully saturated rings. The molecule has 1 saturated heterocycles. The van der Waals surface area contributed by atoms with Crippen molar-refractivity contribution in [2.45, 2.75) is 25.8 Å². The molecular weight excluding hydrogens is 342 g/mol. The van der Waals surface area contributed by atoms with Crippen molar-refractivity contribution in [1.82, 2.24) is 16.0 Å². The maximum atomic E-state index is 12.3. The Hall–Kier alpha value is -1.63. The molecule has 0 radical (unpaired) electrons. The Labute approximate surface area is 155 Å². The van der Waals surface area contributed by atoms with Crippen molar-refractivity contribution < 1.29 is 14.3 Å². The zero-order chi connectivity index (χ0) is 17.4. The highest BCUT2D eigenvalue weighted by molar-refractivity contribution is 5.97. The highest BCUT2D eigenvalue weighted by atomic mass is 35.5. The number of nitrogens with one attached hydrogen (secondary N) is 3. The summed E-state index contributed by atoms with van der Waals surface area (Å²) in [6.07, 6.45) is 1.93. The second-order valence-corrected chi connectivity index (χ2v) is 6.46. The van der Waals surface area contributed by atoms with Crippen molar-refractivity contribution in [2.24, 2.45) is 5.41 Å². The first-order chi connectivity index (χ1) is 11.6. The second kappa shape index (κ2) is 10.4. The van der Waals surface area contributed by atoms with E-state index in [1.807, 2.05) is 6.07 Å². The van der Waals surface area contributed by atoms with Gasteiger partial charge in [-0.1, -0.05) is 18.2 Å². The van der Waals surface area contributed by atoms with Crippen LogP contribution in [0.4, 0.5) is 0 Å². The van der Waals surface area contributed by atoms with Crippen molar-refractivity contribution in [2.75, 3.05) is 33.4 Å². The third kappa shape index (κ3) is 6.30. The monoisotopic (exact) mass is 369 g/mol. The highest BCUT2D eigenvalue weighted by Gasteiger charge is 2.33. The minimum atomic E-state index is -0.584. The van der Waals surface area contributed by atoms with Crippen molar-refractivity contribution >= 4 is 24.2 Å². The fourth-order valence-electron chi connectivity index (χ4n) is 3.00. The first kappa shape index (κ1) is 21.4. The maximum Gasteiger partial charge on any atom is 0.251 e. The minimum absolute atomic E-state index is 0. The van der Waals surface area contributed by atoms with Gasteiger partial charge in [-0.25, -0.2) is 0 Å². The quantitative estimate of drug-likeness (QED) is 0.678. The second-order valence-electron chi connectivity index (χ2n) is 6.46. The molecule has 1 heterocycles. The molecule has 140 valence electrons. The lowest BCUT2D eigenvalue weighted by molar-refractivity contribution is -0.123. The van der Waals surface area contributed by atoms with Crippen molar-refractivity contribution in [1.29, 1.82) is 0 Å². The third-order valence-corrected chi connectivity index (χ3v) is 4.53. The summed E-state index contributed by atoms with van der Waals surface area (Å²) in [6.45, 7) is 4.74. The number of amides is 2. The predicted molar refractivity (Wildman–Crippen MR) is 100 cm³/mol. The van der Waals surface area contributed by atoms with Gasteiger partial charge in [0.05, 0.1) is 6.61 Å². The molecule has 0 aromatic heterocycles. The van der Waals surface area contributed by atoms with E-state index >= 15 is 0 Å². The fourth-order valence-corrected chi connectivity index (χ4v) is 3.00. The Bertz CT molecular complexity index is 542. The smallest absolute Gasteiger partial charge is 0.251 e. The molecule has 1 aliphatic rings. The summed E-state index contributed by atoms with van der Waals surface area (Å²) in [7, 11) is 1.69. The van der Waals surface area contributed by atoms with Crippen LogP contribution in [0.1, 0.15) is 30.1 Å². The van der Waals surface area contributed by atoms with E-state index in [0.717, 1.165) is 25.9 Å². The van der Waals surface area contributed by atoms with Crippen LogP contribution in [0.15, 0.2) is 30.3 Å². The molecule has 0 saturated carbocycles. The maximum absolute atomic E-state index is 12.3. The molecule has 1 aromatic carbocycles. The zero-order valence-corrected chi connectivity index (χ0v) is 15.7. The fraction of sp³-hybridized carbons (Fsp3) is 0.556. The molecule has 2 amide bonds. The number of hydrogen-bond acceptors (Lipinski definition) is 4. The number of hydrogen-bond donors (Lipinski definition) is 3. The van der Waals surface area contributed by atoms with E-state index in [0.29, 0.717) is 18.7 Å². The third-order valence-electron chi connectivity index (χ3n) is 4.53. The molecule has 6 nitrogen and oxygen atoms in total. The van der Waals surface area contributed by atoms with Crippen LogP contribution in [0, 0.1) is 5.41 Å². The predicted octanol–water partition coefficient (Wildman–Crippen LogP) is 1.36. The molecule has 7 heteroatoms. The van der Waals surface area contributed by atoms with E-state index < -0.39 is 6.04 Å². The Balaban J connectivity index is 0.00000312. The number of carbonyl (C=O) groups excluding carboxylic acids is 2.